The Morgan fingerprint density at radius 2 is 2.06 bits per heavy atom. The average Bonchev–Trinajstić information content (AvgIpc) is 3.18. The third kappa shape index (κ3) is 2.54. The quantitative estimate of drug-likeness (QED) is 0.712. The highest BCUT2D eigenvalue weighted by Crippen LogP contribution is 2.48. The van der Waals surface area contributed by atoms with E-state index in [0.29, 0.717) is 6.54 Å². The molecule has 0 aromatic heterocycles. The molecule has 2 atom stereocenters. The van der Waals surface area contributed by atoms with Crippen LogP contribution in [-0.4, -0.2) is 29.7 Å². The minimum absolute atomic E-state index is 0.0183. The largest absolute Gasteiger partial charge is 0.392 e. The SMILES string of the molecule is CC(O)C(N)CNC(=O)C1(c2ccccc2)CC1. The summed E-state index contributed by atoms with van der Waals surface area (Å²) in [6.07, 6.45) is 1.15. The fourth-order valence-electron chi connectivity index (χ4n) is 2.08. The van der Waals surface area contributed by atoms with Gasteiger partial charge < -0.3 is 16.2 Å². The third-order valence-electron chi connectivity index (χ3n) is 3.63. The van der Waals surface area contributed by atoms with Gasteiger partial charge in [-0.05, 0) is 25.3 Å². The number of carbonyl (C=O) groups is 1. The lowest BCUT2D eigenvalue weighted by atomic mass is 9.95. The summed E-state index contributed by atoms with van der Waals surface area (Å²) in [6.45, 7) is 1.94. The highest BCUT2D eigenvalue weighted by atomic mass is 16.3. The van der Waals surface area contributed by atoms with Gasteiger partial charge >= 0.3 is 0 Å². The lowest BCUT2D eigenvalue weighted by Gasteiger charge is -2.19. The van der Waals surface area contributed by atoms with Crippen LogP contribution in [0.2, 0.25) is 0 Å². The van der Waals surface area contributed by atoms with Gasteiger partial charge in [0.2, 0.25) is 5.91 Å². The molecule has 0 aliphatic heterocycles. The molecule has 2 unspecified atom stereocenters. The Morgan fingerprint density at radius 3 is 2.56 bits per heavy atom. The van der Waals surface area contributed by atoms with E-state index in [4.69, 9.17) is 5.73 Å². The summed E-state index contributed by atoms with van der Waals surface area (Å²) in [6, 6.07) is 9.40. The molecule has 18 heavy (non-hydrogen) atoms. The summed E-state index contributed by atoms with van der Waals surface area (Å²) in [4.78, 5) is 12.2. The molecule has 1 aromatic carbocycles. The molecule has 0 radical (unpaired) electrons. The monoisotopic (exact) mass is 248 g/mol. The second kappa shape index (κ2) is 5.08. The Balaban J connectivity index is 1.98. The van der Waals surface area contributed by atoms with Crippen LogP contribution in [0.4, 0.5) is 0 Å². The molecule has 0 bridgehead atoms. The fourth-order valence-corrected chi connectivity index (χ4v) is 2.08. The molecule has 1 fully saturated rings. The Morgan fingerprint density at radius 1 is 1.44 bits per heavy atom. The van der Waals surface area contributed by atoms with Crippen molar-refractivity contribution in [1.82, 2.24) is 5.32 Å². The van der Waals surface area contributed by atoms with E-state index in [1.54, 1.807) is 6.92 Å². The van der Waals surface area contributed by atoms with Crippen molar-refractivity contribution >= 4 is 5.91 Å². The maximum atomic E-state index is 12.2. The minimum atomic E-state index is -0.614. The minimum Gasteiger partial charge on any atom is -0.392 e. The van der Waals surface area contributed by atoms with Crippen LogP contribution in [0.3, 0.4) is 0 Å². The van der Waals surface area contributed by atoms with E-state index in [9.17, 15) is 9.90 Å². The topological polar surface area (TPSA) is 75.3 Å². The highest BCUT2D eigenvalue weighted by molar-refractivity contribution is 5.91. The van der Waals surface area contributed by atoms with Gasteiger partial charge in [-0.1, -0.05) is 30.3 Å². The van der Waals surface area contributed by atoms with Crippen molar-refractivity contribution in [3.05, 3.63) is 35.9 Å². The number of nitrogens with one attached hydrogen (secondary N) is 1. The molecule has 1 aromatic rings. The summed E-state index contributed by atoms with van der Waals surface area (Å²) in [5, 5.41) is 12.1. The highest BCUT2D eigenvalue weighted by Gasteiger charge is 2.51. The second-order valence-electron chi connectivity index (χ2n) is 5.06. The van der Waals surface area contributed by atoms with E-state index in [1.165, 1.54) is 0 Å². The molecular weight excluding hydrogens is 228 g/mol. The Hall–Kier alpha value is -1.39. The molecule has 4 heteroatoms. The van der Waals surface area contributed by atoms with Crippen molar-refractivity contribution in [3.8, 4) is 0 Å². The average molecular weight is 248 g/mol. The van der Waals surface area contributed by atoms with E-state index in [2.05, 4.69) is 5.32 Å². The van der Waals surface area contributed by atoms with Crippen LogP contribution < -0.4 is 11.1 Å². The number of rotatable bonds is 5. The standard InChI is InChI=1S/C14H20N2O2/c1-10(17)12(15)9-16-13(18)14(7-8-14)11-5-3-2-4-6-11/h2-6,10,12,17H,7-9,15H2,1H3,(H,16,18). The normalized spacial score (nSPS) is 19.9. The van der Waals surface area contributed by atoms with Crippen molar-refractivity contribution in [2.24, 2.45) is 5.73 Å². The van der Waals surface area contributed by atoms with E-state index in [-0.39, 0.29) is 11.3 Å². The van der Waals surface area contributed by atoms with Gasteiger partial charge in [-0.3, -0.25) is 4.79 Å². The summed E-state index contributed by atoms with van der Waals surface area (Å²) in [5.74, 6) is 0.0183. The lowest BCUT2D eigenvalue weighted by molar-refractivity contribution is -0.123. The van der Waals surface area contributed by atoms with Gasteiger partial charge in [0.05, 0.1) is 11.5 Å². The van der Waals surface area contributed by atoms with E-state index in [1.807, 2.05) is 30.3 Å². The predicted octanol–water partition coefficient (Wildman–Crippen LogP) is 0.543. The van der Waals surface area contributed by atoms with Crippen LogP contribution in [0.15, 0.2) is 30.3 Å². The number of nitrogens with two attached hydrogens (primary N) is 1. The molecule has 98 valence electrons. The first-order valence-electron chi connectivity index (χ1n) is 6.34. The summed E-state index contributed by atoms with van der Waals surface area (Å²) in [5.41, 5.74) is 6.40. The number of benzene rings is 1. The van der Waals surface area contributed by atoms with Crippen LogP contribution in [0.25, 0.3) is 0 Å². The molecule has 1 aliphatic carbocycles. The molecule has 4 nitrogen and oxygen atoms in total. The van der Waals surface area contributed by atoms with E-state index in [0.717, 1.165) is 18.4 Å². The summed E-state index contributed by atoms with van der Waals surface area (Å²) < 4.78 is 0. The molecule has 2 rings (SSSR count). The van der Waals surface area contributed by atoms with Gasteiger partial charge in [-0.2, -0.15) is 0 Å². The number of aliphatic hydroxyl groups excluding tert-OH is 1. The third-order valence-corrected chi connectivity index (χ3v) is 3.63. The number of carbonyl (C=O) groups excluding carboxylic acids is 1. The number of aliphatic hydroxyl groups is 1. The predicted molar refractivity (Wildman–Crippen MR) is 70.0 cm³/mol. The van der Waals surface area contributed by atoms with Gasteiger partial charge in [0.15, 0.2) is 0 Å². The first-order valence-corrected chi connectivity index (χ1v) is 6.34. The molecule has 4 N–H and O–H groups in total. The van der Waals surface area contributed by atoms with Crippen LogP contribution in [0, 0.1) is 0 Å². The van der Waals surface area contributed by atoms with Crippen molar-refractivity contribution in [3.63, 3.8) is 0 Å². The van der Waals surface area contributed by atoms with Gasteiger partial charge in [-0.15, -0.1) is 0 Å². The van der Waals surface area contributed by atoms with E-state index >= 15 is 0 Å². The molecule has 1 amide bonds. The van der Waals surface area contributed by atoms with Gasteiger partial charge in [0.25, 0.3) is 0 Å². The number of hydrogen-bond acceptors (Lipinski definition) is 3. The molecule has 0 spiro atoms. The molecule has 1 saturated carbocycles. The molecule has 0 heterocycles. The summed E-state index contributed by atoms with van der Waals surface area (Å²) >= 11 is 0. The fraction of sp³-hybridized carbons (Fsp3) is 0.500. The van der Waals surface area contributed by atoms with Crippen molar-refractivity contribution in [2.75, 3.05) is 6.54 Å². The maximum absolute atomic E-state index is 12.2. The smallest absolute Gasteiger partial charge is 0.230 e. The number of hydrogen-bond donors (Lipinski definition) is 3. The lowest BCUT2D eigenvalue weighted by Crippen LogP contribution is -2.46. The van der Waals surface area contributed by atoms with E-state index < -0.39 is 12.1 Å². The Kier molecular flexibility index (Phi) is 3.68. The Bertz CT molecular complexity index is 413. The number of amides is 1. The van der Waals surface area contributed by atoms with Crippen LogP contribution in [-0.2, 0) is 10.2 Å². The van der Waals surface area contributed by atoms with Crippen molar-refractivity contribution < 1.29 is 9.90 Å². The van der Waals surface area contributed by atoms with Crippen LogP contribution in [0.5, 0.6) is 0 Å². The first-order chi connectivity index (χ1) is 8.56. The maximum Gasteiger partial charge on any atom is 0.230 e. The van der Waals surface area contributed by atoms with Crippen molar-refractivity contribution in [2.45, 2.75) is 37.3 Å². The summed E-state index contributed by atoms with van der Waals surface area (Å²) in [7, 11) is 0. The van der Waals surface area contributed by atoms with Crippen LogP contribution in [0.1, 0.15) is 25.3 Å². The van der Waals surface area contributed by atoms with Gasteiger partial charge in [0.1, 0.15) is 0 Å². The molecular formula is C14H20N2O2. The van der Waals surface area contributed by atoms with Gasteiger partial charge in [0, 0.05) is 12.6 Å². The second-order valence-corrected chi connectivity index (χ2v) is 5.06. The zero-order valence-corrected chi connectivity index (χ0v) is 10.6. The van der Waals surface area contributed by atoms with Gasteiger partial charge in [-0.25, -0.2) is 0 Å². The first kappa shape index (κ1) is 13.1. The zero-order chi connectivity index (χ0) is 13.2. The van der Waals surface area contributed by atoms with Crippen LogP contribution >= 0.6 is 0 Å². The molecule has 0 saturated heterocycles. The molecule has 1 aliphatic rings. The Labute approximate surface area is 107 Å². The zero-order valence-electron chi connectivity index (χ0n) is 10.6. The van der Waals surface area contributed by atoms with Crippen molar-refractivity contribution in [1.29, 1.82) is 0 Å².